The molecule has 0 fully saturated rings. The maximum absolute atomic E-state index is 11.5. The fraction of sp³-hybridized carbons (Fsp3) is 0.846. The maximum atomic E-state index is 11.5. The fourth-order valence-electron chi connectivity index (χ4n) is 1.64. The number of carbonyl (C=O) groups excluding carboxylic acids is 2. The first kappa shape index (κ1) is 20.1. The highest BCUT2D eigenvalue weighted by molar-refractivity contribution is 7.45. The molecule has 4 N–H and O–H groups in total. The molecule has 0 aliphatic carbocycles. The van der Waals surface area contributed by atoms with Crippen molar-refractivity contribution in [3.05, 3.63) is 0 Å². The molecule has 2 unspecified atom stereocenters. The smallest absolute Gasteiger partial charge is 0.407 e. The molecule has 7 nitrogen and oxygen atoms in total. The molecule has 0 rings (SSSR count). The van der Waals surface area contributed by atoms with E-state index in [2.05, 4.69) is 24.5 Å². The fourth-order valence-corrected chi connectivity index (χ4v) is 1.90. The zero-order valence-corrected chi connectivity index (χ0v) is 13.9. The minimum Gasteiger partial charge on any atom is -0.449 e. The van der Waals surface area contributed by atoms with Gasteiger partial charge in [-0.1, -0.05) is 33.1 Å². The summed E-state index contributed by atoms with van der Waals surface area (Å²) in [7, 11) is -2.22. The second kappa shape index (κ2) is 11.7. The molecule has 8 heteroatoms. The van der Waals surface area contributed by atoms with Crippen molar-refractivity contribution < 1.29 is 24.1 Å². The lowest BCUT2D eigenvalue weighted by atomic mass is 10.0. The summed E-state index contributed by atoms with van der Waals surface area (Å²) in [5.74, 6) is -0.881. The van der Waals surface area contributed by atoms with E-state index in [-0.39, 0.29) is 6.54 Å². The second-order valence-corrected chi connectivity index (χ2v) is 6.35. The third-order valence-corrected chi connectivity index (χ3v) is 3.92. The summed E-state index contributed by atoms with van der Waals surface area (Å²) in [6.45, 7) is 5.74. The van der Waals surface area contributed by atoms with Crippen molar-refractivity contribution in [2.45, 2.75) is 52.2 Å². The van der Waals surface area contributed by atoms with Crippen LogP contribution in [-0.2, 0) is 9.53 Å². The molecule has 0 aromatic carbocycles. The van der Waals surface area contributed by atoms with Crippen LogP contribution in [0.5, 0.6) is 0 Å². The van der Waals surface area contributed by atoms with Gasteiger partial charge in [0.2, 0.25) is 5.91 Å². The summed E-state index contributed by atoms with van der Waals surface area (Å²) in [4.78, 5) is 40.6. The van der Waals surface area contributed by atoms with Crippen LogP contribution in [0.2, 0.25) is 0 Å². The van der Waals surface area contributed by atoms with E-state index in [1.165, 1.54) is 6.92 Å². The first-order valence-electron chi connectivity index (χ1n) is 7.27. The number of hydrogen-bond acceptors (Lipinski definition) is 5. The number of rotatable bonds is 10. The normalized spacial score (nSPS) is 13.6. The van der Waals surface area contributed by atoms with Crippen LogP contribution in [0.3, 0.4) is 0 Å². The third kappa shape index (κ3) is 10.5. The molecule has 0 aliphatic rings. The number of carbonyl (C=O) groups is 2. The predicted molar refractivity (Wildman–Crippen MR) is 81.6 cm³/mol. The van der Waals surface area contributed by atoms with Gasteiger partial charge in [-0.3, -0.25) is 4.79 Å². The van der Waals surface area contributed by atoms with Gasteiger partial charge in [0.05, 0.1) is 12.4 Å². The van der Waals surface area contributed by atoms with E-state index in [1.54, 1.807) is 0 Å². The summed E-state index contributed by atoms with van der Waals surface area (Å²) < 4.78 is 5.07. The second-order valence-electron chi connectivity index (χ2n) is 4.93. The van der Waals surface area contributed by atoms with Gasteiger partial charge in [-0.15, -0.1) is 0 Å². The van der Waals surface area contributed by atoms with Crippen LogP contribution in [-0.4, -0.2) is 40.7 Å². The molecule has 2 atom stereocenters. The quantitative estimate of drug-likeness (QED) is 0.458. The van der Waals surface area contributed by atoms with Gasteiger partial charge < -0.3 is 25.2 Å². The lowest BCUT2D eigenvalue weighted by molar-refractivity contribution is -0.120. The van der Waals surface area contributed by atoms with Gasteiger partial charge in [-0.05, 0) is 19.3 Å². The average molecular weight is 322 g/mol. The molecule has 0 aromatic rings. The Morgan fingerprint density at radius 2 is 1.95 bits per heavy atom. The van der Waals surface area contributed by atoms with Crippen molar-refractivity contribution >= 4 is 20.4 Å². The highest BCUT2D eigenvalue weighted by atomic mass is 31.2. The zero-order chi connectivity index (χ0) is 16.3. The molecule has 0 aromatic heterocycles. The van der Waals surface area contributed by atoms with E-state index in [0.717, 1.165) is 25.7 Å². The van der Waals surface area contributed by atoms with Crippen LogP contribution in [0.25, 0.3) is 0 Å². The molecule has 0 saturated heterocycles. The Bertz CT molecular complexity index is 315. The molecule has 0 heterocycles. The Morgan fingerprint density at radius 1 is 1.29 bits per heavy atom. The highest BCUT2D eigenvalue weighted by Crippen LogP contribution is 2.27. The Hall–Kier alpha value is -0.910. The van der Waals surface area contributed by atoms with Crippen molar-refractivity contribution in [3.8, 4) is 0 Å². The number of hydrogen-bond donors (Lipinski definition) is 4. The number of ether oxygens (including phenoxy) is 1. The lowest BCUT2D eigenvalue weighted by Gasteiger charge is -2.16. The number of alkyl carbamates (subject to hydrolysis) is 1. The first-order valence-corrected chi connectivity index (χ1v) is 8.59. The van der Waals surface area contributed by atoms with Gasteiger partial charge >= 0.3 is 6.09 Å². The van der Waals surface area contributed by atoms with Crippen LogP contribution in [0, 0.1) is 5.92 Å². The molecular weight excluding hydrogens is 295 g/mol. The van der Waals surface area contributed by atoms with Gasteiger partial charge in [-0.25, -0.2) is 4.79 Å². The first-order chi connectivity index (χ1) is 9.90. The lowest BCUT2D eigenvalue weighted by Crippen LogP contribution is -2.40. The predicted octanol–water partition coefficient (Wildman–Crippen LogP) is 1.69. The topological polar surface area (TPSA) is 108 Å². The van der Waals surface area contributed by atoms with E-state index < -0.39 is 26.2 Å². The van der Waals surface area contributed by atoms with Crippen LogP contribution < -0.4 is 10.6 Å². The van der Waals surface area contributed by atoms with Crippen molar-refractivity contribution in [2.75, 3.05) is 13.2 Å². The van der Waals surface area contributed by atoms with Gasteiger partial charge in [0.1, 0.15) is 6.54 Å². The molecule has 0 saturated carbocycles. The van der Waals surface area contributed by atoms with Crippen LogP contribution >= 0.6 is 8.38 Å². The molecule has 0 spiro atoms. The van der Waals surface area contributed by atoms with E-state index in [0.29, 0.717) is 12.5 Å². The van der Waals surface area contributed by atoms with E-state index >= 15 is 0 Å². The Labute approximate surface area is 127 Å². The van der Waals surface area contributed by atoms with E-state index in [4.69, 9.17) is 14.5 Å². The monoisotopic (exact) mass is 322 g/mol. The molecule has 2 amide bonds. The molecule has 124 valence electrons. The Morgan fingerprint density at radius 3 is 2.48 bits per heavy atom. The van der Waals surface area contributed by atoms with Gasteiger partial charge in [0.15, 0.2) is 8.38 Å². The van der Waals surface area contributed by atoms with Crippen LogP contribution in [0.4, 0.5) is 4.79 Å². The van der Waals surface area contributed by atoms with Crippen molar-refractivity contribution in [2.24, 2.45) is 5.92 Å². The summed E-state index contributed by atoms with van der Waals surface area (Å²) in [6.07, 6.45) is 3.55. The van der Waals surface area contributed by atoms with Crippen LogP contribution in [0.15, 0.2) is 0 Å². The minimum atomic E-state index is -2.22. The molecule has 0 bridgehead atoms. The number of unbranched alkanes of at least 4 members (excludes halogenated alkanes) is 1. The number of nitrogens with one attached hydrogen (secondary N) is 2. The summed E-state index contributed by atoms with van der Waals surface area (Å²) >= 11 is 0. The summed E-state index contributed by atoms with van der Waals surface area (Å²) in [5.41, 5.74) is 0. The Balaban J connectivity index is 3.86. The standard InChI is InChI=1S/C13H27N2O5P/c1-4-6-7-11(5-2)9-20-13(17)14-8-12(16)15-10(3)21(18)19/h10-11,18-19H,4-9H2,1-3H3,(H,14,17)(H,15,16). The summed E-state index contributed by atoms with van der Waals surface area (Å²) in [5, 5.41) is 4.69. The molecule has 0 radical (unpaired) electrons. The van der Waals surface area contributed by atoms with Gasteiger partial charge in [0.25, 0.3) is 0 Å². The molecular formula is C13H27N2O5P. The SMILES string of the molecule is CCCCC(CC)COC(=O)NCC(=O)NC(C)P(O)O. The highest BCUT2D eigenvalue weighted by Gasteiger charge is 2.15. The van der Waals surface area contributed by atoms with Gasteiger partial charge in [0, 0.05) is 0 Å². The van der Waals surface area contributed by atoms with Crippen molar-refractivity contribution in [1.82, 2.24) is 10.6 Å². The Kier molecular flexibility index (Phi) is 11.2. The van der Waals surface area contributed by atoms with Crippen molar-refractivity contribution in [1.29, 1.82) is 0 Å². The van der Waals surface area contributed by atoms with Crippen LogP contribution in [0.1, 0.15) is 46.5 Å². The van der Waals surface area contributed by atoms with Crippen molar-refractivity contribution in [3.63, 3.8) is 0 Å². The van der Waals surface area contributed by atoms with E-state index in [1.807, 2.05) is 0 Å². The maximum Gasteiger partial charge on any atom is 0.407 e. The molecule has 0 aliphatic heterocycles. The van der Waals surface area contributed by atoms with E-state index in [9.17, 15) is 9.59 Å². The average Bonchev–Trinajstić information content (AvgIpc) is 2.45. The molecule has 21 heavy (non-hydrogen) atoms. The summed E-state index contributed by atoms with van der Waals surface area (Å²) in [6, 6.07) is 0. The number of amides is 2. The zero-order valence-electron chi connectivity index (χ0n) is 13.0. The van der Waals surface area contributed by atoms with Gasteiger partial charge in [-0.2, -0.15) is 0 Å². The minimum absolute atomic E-state index is 0.252. The third-order valence-electron chi connectivity index (χ3n) is 3.10. The largest absolute Gasteiger partial charge is 0.449 e.